The van der Waals surface area contributed by atoms with E-state index in [2.05, 4.69) is 39.7 Å². The van der Waals surface area contributed by atoms with Gasteiger partial charge in [-0.15, -0.1) is 10.2 Å². The zero-order valence-corrected chi connectivity index (χ0v) is 42.6. The van der Waals surface area contributed by atoms with Gasteiger partial charge in [0.15, 0.2) is 11.4 Å². The molecule has 2 aromatic carbocycles. The SMILES string of the molecule is COCc1c(C#N)c(O)n(CCOCCO)c(=O)c1N=Nc1ccc(S(=O)(=O)NCCCN2CCN(CCCNS(=O)(=O)c3ccc(N=Nc4c(COC)c(C#N)c(O)n(CCOCCO)c4=O)cc3)CC2)cc1. The van der Waals surface area contributed by atoms with Gasteiger partial charge >= 0.3 is 0 Å². The summed E-state index contributed by atoms with van der Waals surface area (Å²) >= 11 is 0. The molecule has 0 atom stereocenters. The summed E-state index contributed by atoms with van der Waals surface area (Å²) in [6, 6.07) is 14.7. The molecule has 5 rings (SSSR count). The van der Waals surface area contributed by atoms with Crippen LogP contribution in [-0.4, -0.2) is 162 Å². The van der Waals surface area contributed by atoms with Gasteiger partial charge in [-0.2, -0.15) is 20.8 Å². The van der Waals surface area contributed by atoms with Crippen LogP contribution < -0.4 is 20.6 Å². The van der Waals surface area contributed by atoms with Crippen molar-refractivity contribution in [3.05, 3.63) is 91.5 Å². The summed E-state index contributed by atoms with van der Waals surface area (Å²) in [6.45, 7) is 3.38. The average Bonchev–Trinajstić information content (AvgIpc) is 3.39. The molecule has 0 bridgehead atoms. The number of hydrogen-bond donors (Lipinski definition) is 6. The maximum Gasteiger partial charge on any atom is 0.281 e. The number of piperazine rings is 1. The van der Waals surface area contributed by atoms with Crippen molar-refractivity contribution in [3.63, 3.8) is 0 Å². The first-order valence-corrected chi connectivity index (χ1v) is 26.2. The summed E-state index contributed by atoms with van der Waals surface area (Å²) in [6.07, 6.45) is 1.09. The van der Waals surface area contributed by atoms with Gasteiger partial charge < -0.3 is 49.2 Å². The number of sulfonamides is 2. The van der Waals surface area contributed by atoms with Crippen molar-refractivity contribution in [1.82, 2.24) is 28.4 Å². The lowest BCUT2D eigenvalue weighted by Crippen LogP contribution is -2.47. The van der Waals surface area contributed by atoms with E-state index in [0.717, 1.165) is 35.3 Å². The molecule has 0 saturated carbocycles. The standard InChI is InChI=1S/C46H60N12O14S2/c1-69-31-39-37(29-47)43(61)57(21-25-71-27-23-59)45(63)41(39)53-51-33-5-9-35(10-6-33)73(65,66)49-13-3-15-55-17-19-56(20-18-55)16-4-14-50-74(67,68)36-11-7-34(8-12-36)52-54-42-40(32-70-2)38(30-48)44(62)58(46(42)64)22-26-72-28-24-60/h5-12,49-50,59-62H,3-4,13-28,31-32H2,1-2H3. The Hall–Kier alpha value is -6.38. The molecule has 0 unspecified atom stereocenters. The first kappa shape index (κ1) is 58.5. The van der Waals surface area contributed by atoms with Crippen molar-refractivity contribution in [2.24, 2.45) is 20.5 Å². The van der Waals surface area contributed by atoms with Crippen molar-refractivity contribution < 1.29 is 56.2 Å². The number of aliphatic hydroxyl groups excluding tert-OH is 2. The molecule has 0 radical (unpaired) electrons. The lowest BCUT2D eigenvalue weighted by molar-refractivity contribution is 0.0853. The summed E-state index contributed by atoms with van der Waals surface area (Å²) in [5.41, 5.74) is -2.05. The molecule has 6 N–H and O–H groups in total. The van der Waals surface area contributed by atoms with Crippen molar-refractivity contribution in [2.45, 2.75) is 48.9 Å². The number of nitrogens with zero attached hydrogens (tertiary/aromatic N) is 10. The number of aliphatic hydroxyl groups is 2. The van der Waals surface area contributed by atoms with Gasteiger partial charge in [0, 0.05) is 64.6 Å². The fraction of sp³-hybridized carbons (Fsp3) is 0.478. The van der Waals surface area contributed by atoms with E-state index in [4.69, 9.17) is 29.2 Å². The molecule has 0 aliphatic carbocycles. The van der Waals surface area contributed by atoms with E-state index in [-0.39, 0.29) is 134 Å². The molecule has 28 heteroatoms. The van der Waals surface area contributed by atoms with E-state index < -0.39 is 42.9 Å². The molecule has 2 aromatic heterocycles. The number of nitriles is 2. The molecule has 1 fully saturated rings. The fourth-order valence-electron chi connectivity index (χ4n) is 7.57. The Morgan fingerprint density at radius 2 is 0.946 bits per heavy atom. The van der Waals surface area contributed by atoms with Gasteiger partial charge in [0.2, 0.25) is 31.8 Å². The monoisotopic (exact) mass is 1070 g/mol. The minimum Gasteiger partial charge on any atom is -0.493 e. The second-order valence-corrected chi connectivity index (χ2v) is 19.8. The Morgan fingerprint density at radius 3 is 1.27 bits per heavy atom. The predicted octanol–water partition coefficient (Wildman–Crippen LogP) is 1.96. The Kier molecular flexibility index (Phi) is 22.9. The maximum absolute atomic E-state index is 13.3. The highest BCUT2D eigenvalue weighted by molar-refractivity contribution is 7.89. The minimum absolute atomic E-state index is 0.0112. The number of ether oxygens (including phenoxy) is 4. The first-order chi connectivity index (χ1) is 35.6. The molecule has 1 aliphatic rings. The zero-order chi connectivity index (χ0) is 53.7. The van der Waals surface area contributed by atoms with Crippen LogP contribution in [0.1, 0.15) is 35.1 Å². The topological polar surface area (TPSA) is 358 Å². The average molecular weight is 1070 g/mol. The second kappa shape index (κ2) is 28.9. The number of nitrogens with one attached hydrogen (secondary N) is 2. The Morgan fingerprint density at radius 1 is 0.581 bits per heavy atom. The largest absolute Gasteiger partial charge is 0.493 e. The number of azo groups is 2. The minimum atomic E-state index is -3.88. The smallest absolute Gasteiger partial charge is 0.281 e. The van der Waals surface area contributed by atoms with Crippen LogP contribution in [0.15, 0.2) is 88.4 Å². The molecular weight excluding hydrogens is 1010 g/mol. The Balaban J connectivity index is 1.05. The zero-order valence-electron chi connectivity index (χ0n) is 40.9. The summed E-state index contributed by atoms with van der Waals surface area (Å²) in [4.78, 5) is 31.1. The lowest BCUT2D eigenvalue weighted by Gasteiger charge is -2.34. The third-order valence-electron chi connectivity index (χ3n) is 11.4. The second-order valence-electron chi connectivity index (χ2n) is 16.3. The molecule has 0 amide bonds. The number of hydrogen-bond acceptors (Lipinski definition) is 22. The van der Waals surface area contributed by atoms with Crippen LogP contribution in [-0.2, 0) is 65.3 Å². The van der Waals surface area contributed by atoms with E-state index in [0.29, 0.717) is 25.9 Å². The molecule has 400 valence electrons. The van der Waals surface area contributed by atoms with Crippen molar-refractivity contribution >= 4 is 42.8 Å². The number of benzene rings is 2. The van der Waals surface area contributed by atoms with E-state index in [1.54, 1.807) is 0 Å². The van der Waals surface area contributed by atoms with Crippen LogP contribution >= 0.6 is 0 Å². The molecule has 74 heavy (non-hydrogen) atoms. The molecule has 4 aromatic rings. The van der Waals surface area contributed by atoms with E-state index in [1.807, 2.05) is 12.1 Å². The summed E-state index contributed by atoms with van der Waals surface area (Å²) in [5, 5.41) is 75.1. The fourth-order valence-corrected chi connectivity index (χ4v) is 9.72. The van der Waals surface area contributed by atoms with Gasteiger partial charge in [0.25, 0.3) is 11.1 Å². The molecule has 1 aliphatic heterocycles. The normalized spacial score (nSPS) is 13.8. The summed E-state index contributed by atoms with van der Waals surface area (Å²) in [7, 11) is -5.07. The van der Waals surface area contributed by atoms with E-state index in [9.17, 15) is 47.2 Å². The molecule has 3 heterocycles. The van der Waals surface area contributed by atoms with Gasteiger partial charge in [-0.1, -0.05) is 0 Å². The summed E-state index contributed by atoms with van der Waals surface area (Å²) in [5.74, 6) is -1.19. The molecule has 0 spiro atoms. The Bertz CT molecular complexity index is 2800. The molecule has 26 nitrogen and oxygen atoms in total. The number of rotatable bonds is 30. The highest BCUT2D eigenvalue weighted by Crippen LogP contribution is 2.30. The van der Waals surface area contributed by atoms with Gasteiger partial charge in [-0.25, -0.2) is 26.3 Å². The van der Waals surface area contributed by atoms with Crippen molar-refractivity contribution in [3.8, 4) is 23.9 Å². The third kappa shape index (κ3) is 15.8. The van der Waals surface area contributed by atoms with Crippen LogP contribution in [0.25, 0.3) is 0 Å². The van der Waals surface area contributed by atoms with Crippen LogP contribution in [0.3, 0.4) is 0 Å². The molecule has 1 saturated heterocycles. The number of methoxy groups -OCH3 is 2. The van der Waals surface area contributed by atoms with Crippen LogP contribution in [0, 0.1) is 22.7 Å². The van der Waals surface area contributed by atoms with Crippen LogP contribution in [0.4, 0.5) is 22.7 Å². The van der Waals surface area contributed by atoms with Gasteiger partial charge in [-0.3, -0.25) is 18.7 Å². The van der Waals surface area contributed by atoms with Crippen molar-refractivity contribution in [2.75, 3.05) is 106 Å². The summed E-state index contributed by atoms with van der Waals surface area (Å²) < 4.78 is 80.1. The van der Waals surface area contributed by atoms with Crippen LogP contribution in [0.2, 0.25) is 0 Å². The van der Waals surface area contributed by atoms with Gasteiger partial charge in [-0.05, 0) is 74.5 Å². The Labute approximate surface area is 427 Å². The van der Waals surface area contributed by atoms with E-state index in [1.165, 1.54) is 62.8 Å². The van der Waals surface area contributed by atoms with Gasteiger partial charge in [0.1, 0.15) is 23.3 Å². The number of pyridine rings is 2. The van der Waals surface area contributed by atoms with Gasteiger partial charge in [0.05, 0.1) is 87.1 Å². The van der Waals surface area contributed by atoms with Crippen molar-refractivity contribution in [1.29, 1.82) is 10.5 Å². The third-order valence-corrected chi connectivity index (χ3v) is 14.4. The first-order valence-electron chi connectivity index (χ1n) is 23.2. The lowest BCUT2D eigenvalue weighted by atomic mass is 10.1. The number of aromatic nitrogens is 2. The quantitative estimate of drug-likeness (QED) is 0.0321. The van der Waals surface area contributed by atoms with Crippen LogP contribution in [0.5, 0.6) is 11.8 Å². The maximum atomic E-state index is 13.3. The number of aromatic hydroxyl groups is 2. The predicted molar refractivity (Wildman–Crippen MR) is 265 cm³/mol. The van der Waals surface area contributed by atoms with E-state index >= 15 is 0 Å². The molecular formula is C46H60N12O14S2. The highest BCUT2D eigenvalue weighted by Gasteiger charge is 2.25. The highest BCUT2D eigenvalue weighted by atomic mass is 32.2.